The average molecular weight is 502 g/mol. The van der Waals surface area contributed by atoms with Crippen LogP contribution in [0.2, 0.25) is 0 Å². The highest BCUT2D eigenvalue weighted by molar-refractivity contribution is 6.10. The molecule has 0 aromatic heterocycles. The molecule has 2 aromatic carbocycles. The highest BCUT2D eigenvalue weighted by Gasteiger charge is 2.48. The van der Waals surface area contributed by atoms with Crippen LogP contribution in [0.5, 0.6) is 5.75 Å². The first kappa shape index (κ1) is 24.5. The number of fused-ring (bicyclic) bond motifs is 1. The van der Waals surface area contributed by atoms with Crippen molar-refractivity contribution < 1.29 is 23.9 Å². The molecule has 10 heteroatoms. The van der Waals surface area contributed by atoms with E-state index in [4.69, 9.17) is 4.74 Å². The van der Waals surface area contributed by atoms with E-state index in [0.29, 0.717) is 23.4 Å². The van der Waals surface area contributed by atoms with Gasteiger partial charge < -0.3 is 25.1 Å². The summed E-state index contributed by atoms with van der Waals surface area (Å²) in [7, 11) is 1.53. The van der Waals surface area contributed by atoms with Crippen molar-refractivity contribution in [2.75, 3.05) is 39.8 Å². The van der Waals surface area contributed by atoms with E-state index in [0.717, 1.165) is 43.6 Å². The Labute approximate surface area is 214 Å². The second kappa shape index (κ2) is 10.0. The van der Waals surface area contributed by atoms with E-state index in [9.17, 15) is 19.2 Å². The lowest BCUT2D eigenvalue weighted by molar-refractivity contribution is -0.122. The highest BCUT2D eigenvalue weighted by Crippen LogP contribution is 2.28. The predicted molar refractivity (Wildman–Crippen MR) is 134 cm³/mol. The minimum Gasteiger partial charge on any atom is -0.497 e. The van der Waals surface area contributed by atoms with Crippen molar-refractivity contribution in [3.63, 3.8) is 0 Å². The Balaban J connectivity index is 1.37. The summed E-state index contributed by atoms with van der Waals surface area (Å²) >= 11 is 0. The van der Waals surface area contributed by atoms with Crippen molar-refractivity contribution in [1.29, 1.82) is 0 Å². The largest absolute Gasteiger partial charge is 0.497 e. The van der Waals surface area contributed by atoms with Crippen LogP contribution < -0.4 is 20.7 Å². The summed E-state index contributed by atoms with van der Waals surface area (Å²) in [6, 6.07) is 11.5. The predicted octanol–water partition coefficient (Wildman–Crippen LogP) is 0.426. The molecule has 0 saturated carbocycles. The first-order valence-corrected chi connectivity index (χ1v) is 12.1. The first-order chi connectivity index (χ1) is 17.9. The van der Waals surface area contributed by atoms with Crippen molar-refractivity contribution in [2.45, 2.75) is 18.1 Å². The summed E-state index contributed by atoms with van der Waals surface area (Å²) in [5.41, 5.74) is 1.19. The van der Waals surface area contributed by atoms with E-state index >= 15 is 0 Å². The Morgan fingerprint density at radius 2 is 1.86 bits per heavy atom. The van der Waals surface area contributed by atoms with Gasteiger partial charge in [-0.2, -0.15) is 0 Å². The van der Waals surface area contributed by atoms with Gasteiger partial charge in [-0.25, -0.2) is 4.79 Å². The van der Waals surface area contributed by atoms with Gasteiger partial charge in [0.25, 0.3) is 11.8 Å². The fourth-order valence-electron chi connectivity index (χ4n) is 4.89. The zero-order valence-corrected chi connectivity index (χ0v) is 20.4. The van der Waals surface area contributed by atoms with Crippen LogP contribution in [0, 0.1) is 11.8 Å². The molecule has 3 aliphatic rings. The average Bonchev–Trinajstić information content (AvgIpc) is 3.38. The van der Waals surface area contributed by atoms with Crippen molar-refractivity contribution in [3.05, 3.63) is 64.7 Å². The van der Waals surface area contributed by atoms with E-state index < -0.39 is 17.5 Å². The monoisotopic (exact) mass is 501 g/mol. The molecule has 0 bridgehead atoms. The Kier molecular flexibility index (Phi) is 6.65. The highest BCUT2D eigenvalue weighted by atomic mass is 16.5. The van der Waals surface area contributed by atoms with Gasteiger partial charge in [-0.3, -0.25) is 19.8 Å². The zero-order chi connectivity index (χ0) is 26.0. The number of carbonyl (C=O) groups excluding carboxylic acids is 4. The van der Waals surface area contributed by atoms with Gasteiger partial charge in [0.2, 0.25) is 5.54 Å². The molecule has 5 rings (SSSR count). The van der Waals surface area contributed by atoms with Crippen LogP contribution >= 0.6 is 0 Å². The number of rotatable bonds is 6. The number of amides is 4. The van der Waals surface area contributed by atoms with Crippen molar-refractivity contribution >= 4 is 24.1 Å². The molecular weight excluding hydrogens is 474 g/mol. The van der Waals surface area contributed by atoms with Crippen LogP contribution in [0.1, 0.15) is 33.1 Å². The molecule has 0 aliphatic carbocycles. The molecule has 2 atom stereocenters. The van der Waals surface area contributed by atoms with Gasteiger partial charge in [0.15, 0.2) is 0 Å². The van der Waals surface area contributed by atoms with E-state index in [1.165, 1.54) is 12.0 Å². The van der Waals surface area contributed by atoms with Crippen LogP contribution in [-0.2, 0) is 16.1 Å². The minimum atomic E-state index is -1.59. The fraction of sp³-hybridized carbons (Fsp3) is 0.333. The number of piperazine rings is 1. The van der Waals surface area contributed by atoms with Crippen LogP contribution in [0.4, 0.5) is 4.79 Å². The molecule has 2 fully saturated rings. The summed E-state index contributed by atoms with van der Waals surface area (Å²) in [4.78, 5) is 53.4. The number of nitrogens with zero attached hydrogens (tertiary/aromatic N) is 2. The Hall–Kier alpha value is -4.20. The molecule has 2 aromatic rings. The third-order valence-electron chi connectivity index (χ3n) is 6.91. The van der Waals surface area contributed by atoms with Crippen LogP contribution in [-0.4, -0.2) is 79.3 Å². The molecule has 10 nitrogen and oxygen atoms in total. The topological polar surface area (TPSA) is 120 Å². The van der Waals surface area contributed by atoms with Gasteiger partial charge in [-0.15, -0.1) is 0 Å². The number of urea groups is 1. The Bertz CT molecular complexity index is 1310. The maximum Gasteiger partial charge on any atom is 0.323 e. The van der Waals surface area contributed by atoms with Crippen LogP contribution in [0.3, 0.4) is 0 Å². The van der Waals surface area contributed by atoms with Crippen LogP contribution in [0.15, 0.2) is 42.5 Å². The van der Waals surface area contributed by atoms with Gasteiger partial charge in [-0.1, -0.05) is 30.0 Å². The van der Waals surface area contributed by atoms with Gasteiger partial charge in [0.1, 0.15) is 12.0 Å². The SMILES string of the molecule is COc1ccc2c(c1)C(=O)N(CC1(C#Cc3ccc(C(C=O)N4CCNCC4)cc3)NC(=O)NC1=O)C2. The lowest BCUT2D eigenvalue weighted by atomic mass is 9.98. The molecule has 4 amide bonds. The molecule has 3 aliphatic heterocycles. The second-order valence-corrected chi connectivity index (χ2v) is 9.24. The van der Waals surface area contributed by atoms with Crippen molar-refractivity contribution in [2.24, 2.45) is 0 Å². The third-order valence-corrected chi connectivity index (χ3v) is 6.91. The molecule has 37 heavy (non-hydrogen) atoms. The Morgan fingerprint density at radius 3 is 2.51 bits per heavy atom. The van der Waals surface area contributed by atoms with Gasteiger partial charge in [0, 0.05) is 43.9 Å². The molecule has 0 radical (unpaired) electrons. The molecular formula is C27H27N5O5. The molecule has 0 spiro atoms. The van der Waals surface area contributed by atoms with E-state index in [1.54, 1.807) is 24.3 Å². The molecule has 2 unspecified atom stereocenters. The van der Waals surface area contributed by atoms with E-state index in [2.05, 4.69) is 32.7 Å². The van der Waals surface area contributed by atoms with Crippen molar-refractivity contribution in [1.82, 2.24) is 25.8 Å². The smallest absolute Gasteiger partial charge is 0.323 e. The number of imide groups is 1. The van der Waals surface area contributed by atoms with E-state index in [-0.39, 0.29) is 18.5 Å². The number of aldehydes is 1. The number of hydrogen-bond acceptors (Lipinski definition) is 7. The number of carbonyl (C=O) groups is 4. The molecule has 3 N–H and O–H groups in total. The number of ether oxygens (including phenoxy) is 1. The first-order valence-electron chi connectivity index (χ1n) is 12.1. The van der Waals surface area contributed by atoms with Crippen LogP contribution in [0.25, 0.3) is 0 Å². The van der Waals surface area contributed by atoms with Gasteiger partial charge in [0.05, 0.1) is 19.7 Å². The fourth-order valence-corrected chi connectivity index (χ4v) is 4.89. The lowest BCUT2D eigenvalue weighted by Crippen LogP contribution is -2.54. The maximum atomic E-state index is 13.1. The number of nitrogens with one attached hydrogen (secondary N) is 3. The van der Waals surface area contributed by atoms with Gasteiger partial charge in [-0.05, 0) is 35.4 Å². The molecule has 2 saturated heterocycles. The second-order valence-electron chi connectivity index (χ2n) is 9.24. The summed E-state index contributed by atoms with van der Waals surface area (Å²) in [5, 5.41) is 8.13. The zero-order valence-electron chi connectivity index (χ0n) is 20.4. The normalized spacial score (nSPS) is 22.0. The summed E-state index contributed by atoms with van der Waals surface area (Å²) in [5.74, 6) is 5.58. The number of hydrogen-bond donors (Lipinski definition) is 3. The van der Waals surface area contributed by atoms with Crippen molar-refractivity contribution in [3.8, 4) is 17.6 Å². The summed E-state index contributed by atoms with van der Waals surface area (Å²) < 4.78 is 5.22. The number of methoxy groups -OCH3 is 1. The number of benzene rings is 2. The van der Waals surface area contributed by atoms with Gasteiger partial charge >= 0.3 is 6.03 Å². The molecule has 190 valence electrons. The third kappa shape index (κ3) is 4.79. The minimum absolute atomic E-state index is 0.109. The molecule has 3 heterocycles. The lowest BCUT2D eigenvalue weighted by Gasteiger charge is -2.32. The Morgan fingerprint density at radius 1 is 1.11 bits per heavy atom. The van der Waals surface area contributed by atoms with E-state index in [1.807, 2.05) is 18.2 Å². The standard InChI is InChI=1S/C27H27N5O5/c1-37-21-7-6-20-15-32(24(34)22(20)14-21)17-27(25(35)29-26(36)30-27)9-8-18-2-4-19(5-3-18)23(16-33)31-12-10-28-11-13-31/h2-7,14,16,23,28H,10-13,15,17H2,1H3,(H2,29,30,35,36). The summed E-state index contributed by atoms with van der Waals surface area (Å²) in [6.07, 6.45) is 0.944. The maximum absolute atomic E-state index is 13.1. The quantitative estimate of drug-likeness (QED) is 0.298. The summed E-state index contributed by atoms with van der Waals surface area (Å²) in [6.45, 7) is 3.42.